The van der Waals surface area contributed by atoms with Crippen molar-refractivity contribution < 1.29 is 9.59 Å². The second kappa shape index (κ2) is 7.23. The van der Waals surface area contributed by atoms with Crippen molar-refractivity contribution in [1.82, 2.24) is 10.2 Å². The van der Waals surface area contributed by atoms with Gasteiger partial charge in [-0.05, 0) is 51.9 Å². The number of urea groups is 1. The van der Waals surface area contributed by atoms with Gasteiger partial charge in [0.2, 0.25) is 5.91 Å². The van der Waals surface area contributed by atoms with Crippen molar-refractivity contribution in [3.8, 4) is 0 Å². The Morgan fingerprint density at radius 2 is 1.58 bits per heavy atom. The molecule has 2 aromatic carbocycles. The summed E-state index contributed by atoms with van der Waals surface area (Å²) >= 11 is 0. The van der Waals surface area contributed by atoms with Gasteiger partial charge < -0.3 is 5.32 Å². The second-order valence-electron chi connectivity index (χ2n) is 9.80. The number of carbonyl (C=O) groups is 2. The molecular weight excluding hydrogens is 384 g/mol. The smallest absolute Gasteiger partial charge is 0.324 e. The number of rotatable bonds is 4. The van der Waals surface area contributed by atoms with E-state index >= 15 is 0 Å². The number of hydrogen-bond donors (Lipinski definition) is 1. The molecule has 0 saturated carbocycles. The summed E-state index contributed by atoms with van der Waals surface area (Å²) in [6, 6.07) is 12.2. The molecule has 1 fully saturated rings. The van der Waals surface area contributed by atoms with Crippen LogP contribution in [0, 0.1) is 6.92 Å². The van der Waals surface area contributed by atoms with Gasteiger partial charge in [-0.1, -0.05) is 76.8 Å². The average Bonchev–Trinajstić information content (AvgIpc) is 3.03. The number of amides is 3. The SMILES string of the molecule is C=C(c1ccc(CN2C(=O)CNC2=O)cc1)c1cc2c(cc1C)C(C)(C)C=CC2(C)C. The van der Waals surface area contributed by atoms with Crippen molar-refractivity contribution in [2.45, 2.75) is 52.0 Å². The lowest BCUT2D eigenvalue weighted by atomic mass is 9.67. The molecule has 1 N–H and O–H groups in total. The normalized spacial score (nSPS) is 18.7. The maximum absolute atomic E-state index is 11.8. The first-order valence-corrected chi connectivity index (χ1v) is 10.7. The van der Waals surface area contributed by atoms with Gasteiger partial charge in [0.15, 0.2) is 0 Å². The molecule has 1 aliphatic carbocycles. The van der Waals surface area contributed by atoms with E-state index in [9.17, 15) is 9.59 Å². The van der Waals surface area contributed by atoms with E-state index in [0.29, 0.717) is 0 Å². The first-order chi connectivity index (χ1) is 14.5. The zero-order chi connectivity index (χ0) is 22.6. The van der Waals surface area contributed by atoms with Crippen LogP contribution in [0.5, 0.6) is 0 Å². The number of carbonyl (C=O) groups excluding carboxylic acids is 2. The number of benzene rings is 2. The van der Waals surface area contributed by atoms with Crippen molar-refractivity contribution >= 4 is 17.5 Å². The van der Waals surface area contributed by atoms with Crippen LogP contribution >= 0.6 is 0 Å². The Morgan fingerprint density at radius 3 is 2.13 bits per heavy atom. The van der Waals surface area contributed by atoms with Gasteiger partial charge in [-0.3, -0.25) is 9.69 Å². The van der Waals surface area contributed by atoms with Gasteiger partial charge >= 0.3 is 6.03 Å². The number of nitrogens with one attached hydrogen (secondary N) is 1. The first kappa shape index (κ1) is 21.1. The molecule has 4 rings (SSSR count). The highest BCUT2D eigenvalue weighted by Gasteiger charge is 2.33. The van der Waals surface area contributed by atoms with E-state index in [0.717, 1.165) is 22.3 Å². The summed E-state index contributed by atoms with van der Waals surface area (Å²) in [7, 11) is 0. The van der Waals surface area contributed by atoms with Crippen LogP contribution in [0.4, 0.5) is 4.79 Å². The van der Waals surface area contributed by atoms with Crippen molar-refractivity contribution in [1.29, 1.82) is 0 Å². The minimum absolute atomic E-state index is 0.0103. The number of nitrogens with zero attached hydrogens (tertiary/aromatic N) is 1. The van der Waals surface area contributed by atoms with Crippen LogP contribution in [0.25, 0.3) is 5.57 Å². The monoisotopic (exact) mass is 414 g/mol. The van der Waals surface area contributed by atoms with E-state index in [2.05, 4.69) is 70.8 Å². The van der Waals surface area contributed by atoms with E-state index in [1.165, 1.54) is 21.6 Å². The molecule has 31 heavy (non-hydrogen) atoms. The highest BCUT2D eigenvalue weighted by Crippen LogP contribution is 2.43. The molecule has 1 aliphatic heterocycles. The fourth-order valence-electron chi connectivity index (χ4n) is 4.46. The summed E-state index contributed by atoms with van der Waals surface area (Å²) in [4.78, 5) is 24.8. The molecular formula is C27H30N2O2. The lowest BCUT2D eigenvalue weighted by molar-refractivity contribution is -0.125. The van der Waals surface area contributed by atoms with E-state index in [1.54, 1.807) is 0 Å². The van der Waals surface area contributed by atoms with Crippen molar-refractivity contribution in [2.75, 3.05) is 6.54 Å². The third-order valence-electron chi connectivity index (χ3n) is 6.57. The van der Waals surface area contributed by atoms with Crippen LogP contribution in [0.3, 0.4) is 0 Å². The minimum Gasteiger partial charge on any atom is -0.329 e. The fourth-order valence-corrected chi connectivity index (χ4v) is 4.46. The Bertz CT molecular complexity index is 1100. The zero-order valence-corrected chi connectivity index (χ0v) is 19.0. The Balaban J connectivity index is 1.63. The van der Waals surface area contributed by atoms with Crippen LogP contribution in [0.15, 0.2) is 55.1 Å². The first-order valence-electron chi connectivity index (χ1n) is 10.7. The molecule has 4 nitrogen and oxygen atoms in total. The average molecular weight is 415 g/mol. The van der Waals surface area contributed by atoms with Gasteiger partial charge in [0.1, 0.15) is 0 Å². The number of aryl methyl sites for hydroxylation is 1. The Kier molecular flexibility index (Phi) is 4.92. The molecule has 4 heteroatoms. The van der Waals surface area contributed by atoms with E-state index in [4.69, 9.17) is 0 Å². The number of allylic oxidation sites excluding steroid dienone is 2. The van der Waals surface area contributed by atoms with Crippen LogP contribution in [-0.2, 0) is 22.2 Å². The standard InChI is InChI=1S/C27H30N2O2/c1-17-13-22-23(27(5,6)12-11-26(22,3)4)14-21(17)18(2)20-9-7-19(8-10-20)16-29-24(30)15-28-25(29)31/h7-14H,2,15-16H2,1,3-6H3,(H,28,31). The van der Waals surface area contributed by atoms with Crippen LogP contribution < -0.4 is 5.32 Å². The third kappa shape index (κ3) is 3.71. The van der Waals surface area contributed by atoms with Crippen molar-refractivity contribution in [3.05, 3.63) is 88.5 Å². The maximum atomic E-state index is 11.8. The topological polar surface area (TPSA) is 49.4 Å². The number of hydrogen-bond acceptors (Lipinski definition) is 2. The van der Waals surface area contributed by atoms with E-state index in [-0.39, 0.29) is 35.9 Å². The molecule has 1 saturated heterocycles. The highest BCUT2D eigenvalue weighted by atomic mass is 16.2. The van der Waals surface area contributed by atoms with E-state index in [1.807, 2.05) is 24.3 Å². The predicted octanol–water partition coefficient (Wildman–Crippen LogP) is 5.23. The van der Waals surface area contributed by atoms with Crippen molar-refractivity contribution in [2.24, 2.45) is 0 Å². The second-order valence-corrected chi connectivity index (χ2v) is 9.80. The molecule has 160 valence electrons. The quantitative estimate of drug-likeness (QED) is 0.550. The van der Waals surface area contributed by atoms with Gasteiger partial charge in [0.25, 0.3) is 0 Å². The maximum Gasteiger partial charge on any atom is 0.324 e. The van der Waals surface area contributed by atoms with Gasteiger partial charge in [-0.25, -0.2) is 4.79 Å². The molecule has 0 bridgehead atoms. The van der Waals surface area contributed by atoms with Crippen LogP contribution in [-0.4, -0.2) is 23.4 Å². The predicted molar refractivity (Wildman–Crippen MR) is 125 cm³/mol. The number of imide groups is 1. The van der Waals surface area contributed by atoms with Gasteiger partial charge in [0, 0.05) is 10.8 Å². The largest absolute Gasteiger partial charge is 0.329 e. The molecule has 0 unspecified atom stereocenters. The number of fused-ring (bicyclic) bond motifs is 1. The van der Waals surface area contributed by atoms with E-state index < -0.39 is 0 Å². The summed E-state index contributed by atoms with van der Waals surface area (Å²) in [6.07, 6.45) is 4.62. The molecule has 0 aromatic heterocycles. The fraction of sp³-hybridized carbons (Fsp3) is 0.333. The van der Waals surface area contributed by atoms with Crippen LogP contribution in [0.1, 0.15) is 61.1 Å². The van der Waals surface area contributed by atoms with Gasteiger partial charge in [0.05, 0.1) is 13.1 Å². The van der Waals surface area contributed by atoms with Crippen LogP contribution in [0.2, 0.25) is 0 Å². The zero-order valence-electron chi connectivity index (χ0n) is 19.0. The summed E-state index contributed by atoms with van der Waals surface area (Å²) in [5.74, 6) is -0.192. The summed E-state index contributed by atoms with van der Waals surface area (Å²) in [6.45, 7) is 15.9. The summed E-state index contributed by atoms with van der Waals surface area (Å²) in [5, 5.41) is 2.55. The highest BCUT2D eigenvalue weighted by molar-refractivity contribution is 6.01. The summed E-state index contributed by atoms with van der Waals surface area (Å²) < 4.78 is 0. The molecule has 0 radical (unpaired) electrons. The Morgan fingerprint density at radius 1 is 1.00 bits per heavy atom. The molecule has 3 amide bonds. The van der Waals surface area contributed by atoms with Crippen molar-refractivity contribution in [3.63, 3.8) is 0 Å². The Hall–Kier alpha value is -3.14. The lowest BCUT2D eigenvalue weighted by Crippen LogP contribution is -2.30. The summed E-state index contributed by atoms with van der Waals surface area (Å²) in [5.41, 5.74) is 7.99. The molecule has 2 aromatic rings. The molecule has 0 spiro atoms. The lowest BCUT2D eigenvalue weighted by Gasteiger charge is -2.37. The third-order valence-corrected chi connectivity index (χ3v) is 6.57. The molecule has 0 atom stereocenters. The van der Waals surface area contributed by atoms with Gasteiger partial charge in [-0.15, -0.1) is 0 Å². The minimum atomic E-state index is -0.331. The van der Waals surface area contributed by atoms with Gasteiger partial charge in [-0.2, -0.15) is 0 Å². The molecule has 1 heterocycles. The Labute approximate surface area is 184 Å². The molecule has 2 aliphatic rings.